The van der Waals surface area contributed by atoms with Crippen LogP contribution in [0.5, 0.6) is 0 Å². The molecule has 6 heteroatoms. The molecule has 0 aromatic carbocycles. The van der Waals surface area contributed by atoms with Crippen LogP contribution in [0, 0.1) is 22.7 Å². The summed E-state index contributed by atoms with van der Waals surface area (Å²) in [6.45, 7) is 13.1. The van der Waals surface area contributed by atoms with Crippen LogP contribution in [0.1, 0.15) is 48.0 Å². The molecule has 2 aliphatic heterocycles. The molecule has 2 heterocycles. The first-order valence-corrected chi connectivity index (χ1v) is 9.92. The molecule has 3 fully saturated rings. The molecule has 1 aliphatic carbocycles. The second-order valence-electron chi connectivity index (χ2n) is 8.78. The van der Waals surface area contributed by atoms with Crippen molar-refractivity contribution in [2.45, 2.75) is 60.0 Å². The van der Waals surface area contributed by atoms with E-state index in [1.807, 2.05) is 25.7 Å². The van der Waals surface area contributed by atoms with Crippen LogP contribution < -0.4 is 4.72 Å². The highest BCUT2D eigenvalue weighted by Gasteiger charge is 2.57. The molecule has 1 unspecified atom stereocenters. The topological polar surface area (TPSA) is 66.5 Å². The SMILES string of the molecule is C[C@@H]1[C@@H]2CC(CN1C(=O)[C@@H](NS(C)(=O)=O)C(C)(C)C)C2(C)C. The first kappa shape index (κ1) is 17.7. The van der Waals surface area contributed by atoms with Crippen molar-refractivity contribution in [3.63, 3.8) is 0 Å². The number of carbonyl (C=O) groups excluding carboxylic acids is 1. The van der Waals surface area contributed by atoms with Gasteiger partial charge in [-0.1, -0.05) is 34.6 Å². The van der Waals surface area contributed by atoms with Crippen LogP contribution in [-0.4, -0.2) is 44.1 Å². The van der Waals surface area contributed by atoms with Crippen LogP contribution in [0.25, 0.3) is 0 Å². The number of rotatable bonds is 3. The number of piperidine rings is 2. The lowest BCUT2D eigenvalue weighted by Gasteiger charge is -2.63. The fraction of sp³-hybridized carbons (Fsp3) is 0.938. The Morgan fingerprint density at radius 2 is 1.86 bits per heavy atom. The van der Waals surface area contributed by atoms with E-state index >= 15 is 0 Å². The van der Waals surface area contributed by atoms with Gasteiger partial charge < -0.3 is 4.90 Å². The molecule has 1 amide bonds. The number of fused-ring (bicyclic) bond motifs is 2. The molecule has 1 N–H and O–H groups in total. The van der Waals surface area contributed by atoms with E-state index in [0.717, 1.165) is 12.8 Å². The van der Waals surface area contributed by atoms with Gasteiger partial charge in [-0.15, -0.1) is 0 Å². The minimum absolute atomic E-state index is 0.0874. The van der Waals surface area contributed by atoms with Crippen molar-refractivity contribution in [2.75, 3.05) is 12.8 Å². The summed E-state index contributed by atoms with van der Waals surface area (Å²) < 4.78 is 25.8. The second kappa shape index (κ2) is 5.20. The number of nitrogens with zero attached hydrogens (tertiary/aromatic N) is 1. The second-order valence-corrected chi connectivity index (χ2v) is 10.6. The Morgan fingerprint density at radius 3 is 2.23 bits per heavy atom. The quantitative estimate of drug-likeness (QED) is 0.859. The summed E-state index contributed by atoms with van der Waals surface area (Å²) in [5, 5.41) is 0. The summed E-state index contributed by atoms with van der Waals surface area (Å²) in [7, 11) is -3.43. The number of hydrogen-bond donors (Lipinski definition) is 1. The van der Waals surface area contributed by atoms with Gasteiger partial charge in [0.1, 0.15) is 6.04 Å². The van der Waals surface area contributed by atoms with Gasteiger partial charge in [0.15, 0.2) is 0 Å². The minimum Gasteiger partial charge on any atom is -0.338 e. The van der Waals surface area contributed by atoms with Gasteiger partial charge in [0.05, 0.1) is 6.26 Å². The van der Waals surface area contributed by atoms with Crippen LogP contribution in [0.2, 0.25) is 0 Å². The van der Waals surface area contributed by atoms with Gasteiger partial charge >= 0.3 is 0 Å². The maximum absolute atomic E-state index is 13.0. The Hall–Kier alpha value is -0.620. The van der Waals surface area contributed by atoms with Gasteiger partial charge in [0.2, 0.25) is 15.9 Å². The average Bonchev–Trinajstić information content (AvgIpc) is 2.32. The third-order valence-corrected chi connectivity index (χ3v) is 6.43. The number of sulfonamides is 1. The van der Waals surface area contributed by atoms with Gasteiger partial charge in [-0.25, -0.2) is 13.1 Å². The number of hydrogen-bond acceptors (Lipinski definition) is 3. The van der Waals surface area contributed by atoms with Crippen LogP contribution in [0.4, 0.5) is 0 Å². The Labute approximate surface area is 134 Å². The molecule has 1 saturated carbocycles. The van der Waals surface area contributed by atoms with E-state index in [2.05, 4.69) is 25.5 Å². The molecule has 22 heavy (non-hydrogen) atoms. The van der Waals surface area contributed by atoms with Gasteiger partial charge in [0.25, 0.3) is 0 Å². The van der Waals surface area contributed by atoms with E-state index in [9.17, 15) is 13.2 Å². The third-order valence-electron chi connectivity index (χ3n) is 5.77. The smallest absolute Gasteiger partial charge is 0.241 e. The van der Waals surface area contributed by atoms with Crippen molar-refractivity contribution in [3.8, 4) is 0 Å². The first-order chi connectivity index (χ1) is 9.75. The van der Waals surface area contributed by atoms with Crippen LogP contribution in [0.15, 0.2) is 0 Å². The summed E-state index contributed by atoms with van der Waals surface area (Å²) >= 11 is 0. The van der Waals surface area contributed by atoms with Crippen molar-refractivity contribution < 1.29 is 13.2 Å². The molecular formula is C16H30N2O3S. The molecule has 0 spiro atoms. The predicted molar refractivity (Wildman–Crippen MR) is 87.8 cm³/mol. The van der Waals surface area contributed by atoms with Crippen LogP contribution >= 0.6 is 0 Å². The Bertz CT molecular complexity index is 562. The predicted octanol–water partition coefficient (Wildman–Crippen LogP) is 1.84. The summed E-state index contributed by atoms with van der Waals surface area (Å²) in [5.74, 6) is 0.946. The first-order valence-electron chi connectivity index (χ1n) is 8.03. The molecule has 0 aromatic rings. The molecule has 2 saturated heterocycles. The lowest BCUT2D eigenvalue weighted by molar-refractivity contribution is -0.169. The molecule has 4 atom stereocenters. The normalized spacial score (nSPS) is 32.3. The largest absolute Gasteiger partial charge is 0.338 e. The average molecular weight is 330 g/mol. The Kier molecular flexibility index (Phi) is 4.19. The number of nitrogens with one attached hydrogen (secondary N) is 1. The standard InChI is InChI=1S/C16H30N2O3S/c1-10-12-8-11(16(12,5)6)9-18(10)14(19)13(15(2,3)4)17-22(7,20)21/h10-13,17H,8-9H2,1-7H3/t10-,11?,12+,13-/m1/s1. The van der Waals surface area contributed by atoms with Crippen molar-refractivity contribution in [1.29, 1.82) is 0 Å². The monoisotopic (exact) mass is 330 g/mol. The summed E-state index contributed by atoms with van der Waals surface area (Å²) in [6.07, 6.45) is 2.29. The van der Waals surface area contributed by atoms with E-state index in [-0.39, 0.29) is 17.4 Å². The fourth-order valence-electron chi connectivity index (χ4n) is 4.07. The lowest BCUT2D eigenvalue weighted by atomic mass is 9.50. The van der Waals surface area contributed by atoms with Gasteiger partial charge in [-0.05, 0) is 36.0 Å². The fourth-order valence-corrected chi connectivity index (χ4v) is 4.96. The highest BCUT2D eigenvalue weighted by atomic mass is 32.2. The maximum Gasteiger partial charge on any atom is 0.241 e. The molecule has 0 radical (unpaired) electrons. The lowest BCUT2D eigenvalue weighted by Crippen LogP contribution is -2.68. The zero-order chi connectivity index (χ0) is 17.1. The van der Waals surface area contributed by atoms with Crippen molar-refractivity contribution in [1.82, 2.24) is 9.62 Å². The molecule has 3 rings (SSSR count). The summed E-state index contributed by atoms with van der Waals surface area (Å²) in [4.78, 5) is 14.9. The van der Waals surface area contributed by atoms with Crippen LogP contribution in [0.3, 0.4) is 0 Å². The highest BCUT2D eigenvalue weighted by Crippen LogP contribution is 2.57. The molecule has 128 valence electrons. The molecule has 0 aromatic heterocycles. The van der Waals surface area contributed by atoms with E-state index in [4.69, 9.17) is 0 Å². The minimum atomic E-state index is -3.43. The molecule has 5 nitrogen and oxygen atoms in total. The van der Waals surface area contributed by atoms with Gasteiger partial charge in [-0.3, -0.25) is 4.79 Å². The Balaban J connectivity index is 2.22. The zero-order valence-electron chi connectivity index (χ0n) is 14.8. The van der Waals surface area contributed by atoms with E-state index in [1.54, 1.807) is 0 Å². The van der Waals surface area contributed by atoms with Gasteiger partial charge in [0, 0.05) is 12.6 Å². The maximum atomic E-state index is 13.0. The highest BCUT2D eigenvalue weighted by molar-refractivity contribution is 7.88. The summed E-state index contributed by atoms with van der Waals surface area (Å²) in [6, 6.07) is -0.552. The number of carbonyl (C=O) groups is 1. The van der Waals surface area contributed by atoms with Crippen molar-refractivity contribution in [3.05, 3.63) is 0 Å². The van der Waals surface area contributed by atoms with E-state index in [1.165, 1.54) is 6.42 Å². The Morgan fingerprint density at radius 1 is 1.32 bits per heavy atom. The molecular weight excluding hydrogens is 300 g/mol. The van der Waals surface area contributed by atoms with E-state index < -0.39 is 21.5 Å². The third kappa shape index (κ3) is 3.04. The van der Waals surface area contributed by atoms with Crippen molar-refractivity contribution >= 4 is 15.9 Å². The number of amides is 1. The van der Waals surface area contributed by atoms with Crippen LogP contribution in [-0.2, 0) is 14.8 Å². The summed E-state index contributed by atoms with van der Waals surface area (Å²) in [5.41, 5.74) is -0.172. The van der Waals surface area contributed by atoms with E-state index in [0.29, 0.717) is 11.8 Å². The van der Waals surface area contributed by atoms with Crippen molar-refractivity contribution in [2.24, 2.45) is 22.7 Å². The molecule has 2 bridgehead atoms. The molecule has 3 aliphatic rings. The van der Waals surface area contributed by atoms with Gasteiger partial charge in [-0.2, -0.15) is 0 Å². The zero-order valence-corrected chi connectivity index (χ0v) is 15.6.